The van der Waals surface area contributed by atoms with E-state index in [0.717, 1.165) is 11.3 Å². The highest BCUT2D eigenvalue weighted by molar-refractivity contribution is 9.10. The van der Waals surface area contributed by atoms with Gasteiger partial charge in [0, 0.05) is 17.2 Å². The van der Waals surface area contributed by atoms with Crippen LogP contribution in [0.3, 0.4) is 0 Å². The number of para-hydroxylation sites is 1. The zero-order valence-corrected chi connectivity index (χ0v) is 13.5. The van der Waals surface area contributed by atoms with E-state index in [1.54, 1.807) is 6.07 Å². The number of halogens is 2. The zero-order valence-electron chi connectivity index (χ0n) is 11.9. The van der Waals surface area contributed by atoms with E-state index in [0.29, 0.717) is 22.4 Å². The largest absolute Gasteiger partial charge is 0.496 e. The van der Waals surface area contributed by atoms with E-state index in [2.05, 4.69) is 15.9 Å². The van der Waals surface area contributed by atoms with Crippen LogP contribution >= 0.6 is 15.9 Å². The van der Waals surface area contributed by atoms with Gasteiger partial charge in [0.2, 0.25) is 0 Å². The third-order valence-corrected chi connectivity index (χ3v) is 3.77. The van der Waals surface area contributed by atoms with Crippen LogP contribution in [0.4, 0.5) is 4.39 Å². The van der Waals surface area contributed by atoms with Crippen LogP contribution in [-0.2, 0) is 0 Å². The van der Waals surface area contributed by atoms with E-state index >= 15 is 0 Å². The van der Waals surface area contributed by atoms with Gasteiger partial charge in [0.1, 0.15) is 17.3 Å². The monoisotopic (exact) mass is 353 g/mol. The molecular weight excluding hydrogens is 337 g/mol. The summed E-state index contributed by atoms with van der Waals surface area (Å²) in [6.45, 7) is 2.46. The van der Waals surface area contributed by atoms with Crippen molar-refractivity contribution in [2.24, 2.45) is 5.73 Å². The number of methoxy groups -OCH3 is 1. The van der Waals surface area contributed by atoms with Crippen molar-refractivity contribution in [3.63, 3.8) is 0 Å². The number of ether oxygens (including phenoxy) is 2. The molecule has 0 heterocycles. The maximum absolute atomic E-state index is 13.6. The Labute approximate surface area is 132 Å². The first kappa shape index (κ1) is 15.8. The maximum atomic E-state index is 13.6. The summed E-state index contributed by atoms with van der Waals surface area (Å²) in [7, 11) is 1.49. The Kier molecular flexibility index (Phi) is 5.20. The average molecular weight is 354 g/mol. The van der Waals surface area contributed by atoms with Gasteiger partial charge in [0.15, 0.2) is 0 Å². The fraction of sp³-hybridized carbons (Fsp3) is 0.250. The van der Waals surface area contributed by atoms with E-state index in [1.807, 2.05) is 31.2 Å². The second kappa shape index (κ2) is 6.91. The van der Waals surface area contributed by atoms with Crippen molar-refractivity contribution >= 4 is 15.9 Å². The average Bonchev–Trinajstić information content (AvgIpc) is 2.49. The van der Waals surface area contributed by atoms with E-state index in [4.69, 9.17) is 15.2 Å². The minimum atomic E-state index is -0.473. The lowest BCUT2D eigenvalue weighted by Gasteiger charge is -2.19. The van der Waals surface area contributed by atoms with Gasteiger partial charge in [0.25, 0.3) is 0 Å². The minimum Gasteiger partial charge on any atom is -0.496 e. The van der Waals surface area contributed by atoms with Crippen LogP contribution in [0.1, 0.15) is 24.1 Å². The quantitative estimate of drug-likeness (QED) is 0.881. The second-order valence-corrected chi connectivity index (χ2v) is 5.31. The molecule has 0 radical (unpaired) electrons. The van der Waals surface area contributed by atoms with Crippen LogP contribution in [0.15, 0.2) is 40.9 Å². The summed E-state index contributed by atoms with van der Waals surface area (Å²) in [6.07, 6.45) is 0. The molecule has 0 spiro atoms. The summed E-state index contributed by atoms with van der Waals surface area (Å²) in [5.41, 5.74) is 7.86. The van der Waals surface area contributed by atoms with Crippen LogP contribution in [-0.4, -0.2) is 13.7 Å². The molecule has 0 saturated carbocycles. The number of nitrogens with two attached hydrogens (primary N) is 1. The van der Waals surface area contributed by atoms with Gasteiger partial charge >= 0.3 is 0 Å². The van der Waals surface area contributed by atoms with Crippen LogP contribution in [0, 0.1) is 5.82 Å². The lowest BCUT2D eigenvalue weighted by atomic mass is 9.98. The molecule has 0 aliphatic carbocycles. The molecule has 21 heavy (non-hydrogen) atoms. The summed E-state index contributed by atoms with van der Waals surface area (Å²) >= 11 is 3.18. The lowest BCUT2D eigenvalue weighted by Crippen LogP contribution is -2.15. The van der Waals surface area contributed by atoms with Crippen molar-refractivity contribution in [2.45, 2.75) is 13.0 Å². The Morgan fingerprint density at radius 3 is 2.57 bits per heavy atom. The van der Waals surface area contributed by atoms with Crippen LogP contribution < -0.4 is 15.2 Å². The highest BCUT2D eigenvalue weighted by atomic mass is 79.9. The third-order valence-electron chi connectivity index (χ3n) is 3.16. The first-order valence-corrected chi connectivity index (χ1v) is 7.38. The Bertz CT molecular complexity index is 634. The minimum absolute atomic E-state index is 0.350. The van der Waals surface area contributed by atoms with Crippen molar-refractivity contribution in [1.82, 2.24) is 0 Å². The van der Waals surface area contributed by atoms with Gasteiger partial charge in [-0.2, -0.15) is 0 Å². The van der Waals surface area contributed by atoms with E-state index in [9.17, 15) is 4.39 Å². The van der Waals surface area contributed by atoms with Gasteiger partial charge < -0.3 is 15.2 Å². The van der Waals surface area contributed by atoms with Gasteiger partial charge in [-0.15, -0.1) is 0 Å². The molecule has 112 valence electrons. The van der Waals surface area contributed by atoms with Crippen molar-refractivity contribution in [2.75, 3.05) is 13.7 Å². The molecule has 0 amide bonds. The van der Waals surface area contributed by atoms with Gasteiger partial charge in [0.05, 0.1) is 24.2 Å². The van der Waals surface area contributed by atoms with E-state index in [1.165, 1.54) is 13.2 Å². The standard InChI is InChI=1S/C16H17BrFNO2/c1-3-21-14-7-5-4-6-10(14)16(19)11-8-12(17)13(18)9-15(11)20-2/h4-9,16H,3,19H2,1-2H3. The summed E-state index contributed by atoms with van der Waals surface area (Å²) in [4.78, 5) is 0. The predicted octanol–water partition coefficient (Wildman–Crippen LogP) is 4.04. The molecule has 1 unspecified atom stereocenters. The molecule has 2 aromatic carbocycles. The molecule has 0 aliphatic rings. The van der Waals surface area contributed by atoms with E-state index < -0.39 is 6.04 Å². The fourth-order valence-electron chi connectivity index (χ4n) is 2.16. The molecule has 0 bridgehead atoms. The molecule has 1 atom stereocenters. The first-order valence-electron chi connectivity index (χ1n) is 6.58. The topological polar surface area (TPSA) is 44.5 Å². The van der Waals surface area contributed by atoms with Crippen molar-refractivity contribution in [3.05, 3.63) is 57.8 Å². The maximum Gasteiger partial charge on any atom is 0.141 e. The van der Waals surface area contributed by atoms with Crippen molar-refractivity contribution < 1.29 is 13.9 Å². The fourth-order valence-corrected chi connectivity index (χ4v) is 2.52. The van der Waals surface area contributed by atoms with Gasteiger partial charge in [-0.3, -0.25) is 0 Å². The third kappa shape index (κ3) is 3.36. The van der Waals surface area contributed by atoms with Crippen molar-refractivity contribution in [1.29, 1.82) is 0 Å². The summed E-state index contributed by atoms with van der Waals surface area (Å²) < 4.78 is 24.8. The molecule has 2 N–H and O–H groups in total. The van der Waals surface area contributed by atoms with Gasteiger partial charge in [-0.05, 0) is 35.0 Å². The number of benzene rings is 2. The normalized spacial score (nSPS) is 12.0. The number of hydrogen-bond acceptors (Lipinski definition) is 3. The van der Waals surface area contributed by atoms with Crippen LogP contribution in [0.25, 0.3) is 0 Å². The molecule has 0 saturated heterocycles. The lowest BCUT2D eigenvalue weighted by molar-refractivity contribution is 0.335. The first-order chi connectivity index (χ1) is 10.1. The molecule has 0 aliphatic heterocycles. The highest BCUT2D eigenvalue weighted by Gasteiger charge is 2.19. The van der Waals surface area contributed by atoms with Crippen molar-refractivity contribution in [3.8, 4) is 11.5 Å². The molecule has 2 rings (SSSR count). The molecular formula is C16H17BrFNO2. The van der Waals surface area contributed by atoms with Crippen LogP contribution in [0.2, 0.25) is 0 Å². The molecule has 2 aromatic rings. The SMILES string of the molecule is CCOc1ccccc1C(N)c1cc(Br)c(F)cc1OC. The Morgan fingerprint density at radius 1 is 1.19 bits per heavy atom. The molecule has 5 heteroatoms. The molecule has 0 aromatic heterocycles. The summed E-state index contributed by atoms with van der Waals surface area (Å²) in [6, 6.07) is 10.0. The Hall–Kier alpha value is -1.59. The van der Waals surface area contributed by atoms with Crippen LogP contribution in [0.5, 0.6) is 11.5 Å². The highest BCUT2D eigenvalue weighted by Crippen LogP contribution is 2.35. The number of hydrogen-bond donors (Lipinski definition) is 1. The summed E-state index contributed by atoms with van der Waals surface area (Å²) in [5, 5.41) is 0. The second-order valence-electron chi connectivity index (χ2n) is 4.46. The van der Waals surface area contributed by atoms with Gasteiger partial charge in [-0.25, -0.2) is 4.39 Å². The summed E-state index contributed by atoms with van der Waals surface area (Å²) in [5.74, 6) is 0.741. The molecule has 3 nitrogen and oxygen atoms in total. The van der Waals surface area contributed by atoms with E-state index in [-0.39, 0.29) is 5.82 Å². The Morgan fingerprint density at radius 2 is 1.90 bits per heavy atom. The predicted molar refractivity (Wildman–Crippen MR) is 84.3 cm³/mol. The Balaban J connectivity index is 2.49. The van der Waals surface area contributed by atoms with Gasteiger partial charge in [-0.1, -0.05) is 18.2 Å². The smallest absolute Gasteiger partial charge is 0.141 e. The zero-order chi connectivity index (χ0) is 15.4. The molecule has 0 fully saturated rings. The number of rotatable bonds is 5.